The molecule has 1 fully saturated rings. The number of carbonyl (C=O) groups excluding carboxylic acids is 2. The number of halogens is 2. The summed E-state index contributed by atoms with van der Waals surface area (Å²) in [6.45, 7) is 4.18. The van der Waals surface area contributed by atoms with Crippen molar-refractivity contribution in [3.8, 4) is 0 Å². The zero-order valence-corrected chi connectivity index (χ0v) is 14.0. The number of rotatable bonds is 3. The molecule has 2 amide bonds. The third kappa shape index (κ3) is 3.52. The molecule has 1 aliphatic heterocycles. The van der Waals surface area contributed by atoms with Gasteiger partial charge in [-0.25, -0.2) is 8.78 Å². The number of carbonyl (C=O) groups is 2. The van der Waals surface area contributed by atoms with Crippen molar-refractivity contribution in [1.82, 2.24) is 0 Å². The molecule has 1 atom stereocenters. The molecular weight excluding hydrogens is 326 g/mol. The van der Waals surface area contributed by atoms with E-state index in [0.29, 0.717) is 6.07 Å². The van der Waals surface area contributed by atoms with Gasteiger partial charge in [-0.3, -0.25) is 9.59 Å². The number of amides is 2. The first kappa shape index (κ1) is 17.1. The summed E-state index contributed by atoms with van der Waals surface area (Å²) in [5.41, 5.74) is 2.84. The van der Waals surface area contributed by atoms with Crippen LogP contribution in [-0.2, 0) is 9.59 Å². The Labute approximate surface area is 144 Å². The van der Waals surface area contributed by atoms with Crippen molar-refractivity contribution in [3.05, 3.63) is 59.2 Å². The van der Waals surface area contributed by atoms with Crippen LogP contribution in [0.15, 0.2) is 36.4 Å². The van der Waals surface area contributed by atoms with Gasteiger partial charge in [0.15, 0.2) is 0 Å². The summed E-state index contributed by atoms with van der Waals surface area (Å²) >= 11 is 0. The van der Waals surface area contributed by atoms with Crippen molar-refractivity contribution >= 4 is 23.2 Å². The Morgan fingerprint density at radius 1 is 1.12 bits per heavy atom. The SMILES string of the molecule is Cc1ccc(N2C[C@H](C(=O)Nc3ccc(F)cc3F)CC2=O)cc1C. The Hall–Kier alpha value is -2.76. The molecule has 3 rings (SSSR count). The van der Waals surface area contributed by atoms with Crippen LogP contribution in [-0.4, -0.2) is 18.4 Å². The standard InChI is InChI=1S/C19H18F2N2O2/c1-11-3-5-15(7-12(11)2)23-10-13(8-18(23)24)19(25)22-17-6-4-14(20)9-16(17)21/h3-7,9,13H,8,10H2,1-2H3,(H,22,25)/t13-/m1/s1. The molecule has 130 valence electrons. The summed E-state index contributed by atoms with van der Waals surface area (Å²) in [5, 5.41) is 2.43. The normalized spacial score (nSPS) is 17.0. The number of nitrogens with one attached hydrogen (secondary N) is 1. The topological polar surface area (TPSA) is 49.4 Å². The summed E-state index contributed by atoms with van der Waals surface area (Å²) in [7, 11) is 0. The van der Waals surface area contributed by atoms with Gasteiger partial charge in [-0.05, 0) is 49.2 Å². The zero-order chi connectivity index (χ0) is 18.1. The zero-order valence-electron chi connectivity index (χ0n) is 14.0. The highest BCUT2D eigenvalue weighted by Crippen LogP contribution is 2.28. The van der Waals surface area contributed by atoms with Crippen LogP contribution in [0.3, 0.4) is 0 Å². The van der Waals surface area contributed by atoms with Crippen molar-refractivity contribution < 1.29 is 18.4 Å². The predicted molar refractivity (Wildman–Crippen MR) is 91.4 cm³/mol. The number of benzene rings is 2. The van der Waals surface area contributed by atoms with E-state index in [-0.39, 0.29) is 24.6 Å². The van der Waals surface area contributed by atoms with Crippen molar-refractivity contribution in [3.63, 3.8) is 0 Å². The molecule has 1 saturated heterocycles. The van der Waals surface area contributed by atoms with Crippen LogP contribution in [0.1, 0.15) is 17.5 Å². The minimum absolute atomic E-state index is 0.0571. The highest BCUT2D eigenvalue weighted by molar-refractivity contribution is 6.03. The van der Waals surface area contributed by atoms with Gasteiger partial charge >= 0.3 is 0 Å². The third-order valence-corrected chi connectivity index (χ3v) is 4.49. The smallest absolute Gasteiger partial charge is 0.229 e. The Bertz CT molecular complexity index is 851. The highest BCUT2D eigenvalue weighted by Gasteiger charge is 2.35. The molecule has 0 aromatic heterocycles. The van der Waals surface area contributed by atoms with Crippen LogP contribution in [0.5, 0.6) is 0 Å². The summed E-state index contributed by atoms with van der Waals surface area (Å²) in [5.74, 6) is -2.75. The maximum Gasteiger partial charge on any atom is 0.229 e. The van der Waals surface area contributed by atoms with E-state index in [0.717, 1.165) is 22.9 Å². The molecule has 0 spiro atoms. The first-order chi connectivity index (χ1) is 11.8. The van der Waals surface area contributed by atoms with Crippen LogP contribution in [0.25, 0.3) is 0 Å². The van der Waals surface area contributed by atoms with E-state index in [4.69, 9.17) is 0 Å². The number of hydrogen-bond acceptors (Lipinski definition) is 2. The third-order valence-electron chi connectivity index (χ3n) is 4.49. The lowest BCUT2D eigenvalue weighted by molar-refractivity contribution is -0.122. The molecule has 6 heteroatoms. The molecule has 1 heterocycles. The number of aryl methyl sites for hydroxylation is 2. The van der Waals surface area contributed by atoms with Gasteiger partial charge < -0.3 is 10.2 Å². The molecule has 0 unspecified atom stereocenters. The average Bonchev–Trinajstić information content (AvgIpc) is 2.95. The van der Waals surface area contributed by atoms with Crippen molar-refractivity contribution in [2.75, 3.05) is 16.8 Å². The molecule has 0 radical (unpaired) electrons. The first-order valence-corrected chi connectivity index (χ1v) is 7.98. The molecule has 1 N–H and O–H groups in total. The van der Waals surface area contributed by atoms with E-state index in [1.165, 1.54) is 6.07 Å². The molecule has 2 aromatic rings. The van der Waals surface area contributed by atoms with Crippen LogP contribution in [0, 0.1) is 31.4 Å². The van der Waals surface area contributed by atoms with E-state index < -0.39 is 23.5 Å². The van der Waals surface area contributed by atoms with E-state index in [1.807, 2.05) is 32.0 Å². The van der Waals surface area contributed by atoms with Gasteiger partial charge in [0.1, 0.15) is 11.6 Å². The lowest BCUT2D eigenvalue weighted by atomic mass is 10.1. The van der Waals surface area contributed by atoms with Gasteiger partial charge in [-0.15, -0.1) is 0 Å². The number of hydrogen-bond donors (Lipinski definition) is 1. The lowest BCUT2D eigenvalue weighted by Crippen LogP contribution is -2.28. The van der Waals surface area contributed by atoms with Crippen molar-refractivity contribution in [1.29, 1.82) is 0 Å². The second-order valence-corrected chi connectivity index (χ2v) is 6.29. The van der Waals surface area contributed by atoms with Crippen molar-refractivity contribution in [2.24, 2.45) is 5.92 Å². The fourth-order valence-corrected chi connectivity index (χ4v) is 2.85. The molecule has 2 aromatic carbocycles. The monoisotopic (exact) mass is 344 g/mol. The number of nitrogens with zero attached hydrogens (tertiary/aromatic N) is 1. The fraction of sp³-hybridized carbons (Fsp3) is 0.263. The summed E-state index contributed by atoms with van der Waals surface area (Å²) in [6.07, 6.45) is 0.0571. The molecule has 0 aliphatic carbocycles. The van der Waals surface area contributed by atoms with Gasteiger partial charge in [0.2, 0.25) is 11.8 Å². The van der Waals surface area contributed by atoms with Gasteiger partial charge in [0, 0.05) is 24.7 Å². The van der Waals surface area contributed by atoms with E-state index >= 15 is 0 Å². The highest BCUT2D eigenvalue weighted by atomic mass is 19.1. The largest absolute Gasteiger partial charge is 0.323 e. The Morgan fingerprint density at radius 3 is 2.56 bits per heavy atom. The quantitative estimate of drug-likeness (QED) is 0.925. The Balaban J connectivity index is 1.73. The van der Waals surface area contributed by atoms with Crippen molar-refractivity contribution in [2.45, 2.75) is 20.3 Å². The minimum Gasteiger partial charge on any atom is -0.323 e. The molecule has 4 nitrogen and oxygen atoms in total. The van der Waals surface area contributed by atoms with Gasteiger partial charge in [-0.1, -0.05) is 6.07 Å². The van der Waals surface area contributed by atoms with E-state index in [9.17, 15) is 18.4 Å². The average molecular weight is 344 g/mol. The molecule has 25 heavy (non-hydrogen) atoms. The van der Waals surface area contributed by atoms with E-state index in [2.05, 4.69) is 5.32 Å². The van der Waals surface area contributed by atoms with Gasteiger partial charge in [-0.2, -0.15) is 0 Å². The molecule has 0 saturated carbocycles. The van der Waals surface area contributed by atoms with Crippen LogP contribution in [0.4, 0.5) is 20.2 Å². The summed E-state index contributed by atoms with van der Waals surface area (Å²) < 4.78 is 26.6. The van der Waals surface area contributed by atoms with Gasteiger partial charge in [0.05, 0.1) is 11.6 Å². The Morgan fingerprint density at radius 2 is 1.88 bits per heavy atom. The number of anilines is 2. The molecular formula is C19H18F2N2O2. The molecule has 1 aliphatic rings. The maximum absolute atomic E-state index is 13.7. The van der Waals surface area contributed by atoms with Crippen LogP contribution >= 0.6 is 0 Å². The lowest BCUT2D eigenvalue weighted by Gasteiger charge is -2.18. The second kappa shape index (κ2) is 6.63. The van der Waals surface area contributed by atoms with Gasteiger partial charge in [0.25, 0.3) is 0 Å². The fourth-order valence-electron chi connectivity index (χ4n) is 2.85. The Kier molecular flexibility index (Phi) is 4.53. The summed E-state index contributed by atoms with van der Waals surface area (Å²) in [4.78, 5) is 26.2. The summed E-state index contributed by atoms with van der Waals surface area (Å²) in [6, 6.07) is 8.63. The maximum atomic E-state index is 13.7. The van der Waals surface area contributed by atoms with Crippen LogP contribution < -0.4 is 10.2 Å². The molecule has 0 bridgehead atoms. The van der Waals surface area contributed by atoms with E-state index in [1.54, 1.807) is 4.90 Å². The predicted octanol–water partition coefficient (Wildman–Crippen LogP) is 3.57. The van der Waals surface area contributed by atoms with Crippen LogP contribution in [0.2, 0.25) is 0 Å². The first-order valence-electron chi connectivity index (χ1n) is 7.98. The second-order valence-electron chi connectivity index (χ2n) is 6.29. The minimum atomic E-state index is -0.844.